The van der Waals surface area contributed by atoms with Gasteiger partial charge in [-0.25, -0.2) is 9.18 Å². The van der Waals surface area contributed by atoms with Crippen molar-refractivity contribution in [2.24, 2.45) is 0 Å². The molecule has 1 aliphatic heterocycles. The van der Waals surface area contributed by atoms with E-state index in [2.05, 4.69) is 9.88 Å². The first-order chi connectivity index (χ1) is 12.6. The Morgan fingerprint density at radius 2 is 1.77 bits per heavy atom. The summed E-state index contributed by atoms with van der Waals surface area (Å²) in [5, 5.41) is 2.98. The van der Waals surface area contributed by atoms with E-state index in [9.17, 15) is 9.18 Å². The summed E-state index contributed by atoms with van der Waals surface area (Å²) < 4.78 is 15.5. The highest BCUT2D eigenvalue weighted by atomic mass is 19.1. The number of benzene rings is 2. The third kappa shape index (κ3) is 3.08. The van der Waals surface area contributed by atoms with E-state index in [1.807, 2.05) is 54.4 Å². The van der Waals surface area contributed by atoms with E-state index in [1.54, 1.807) is 12.1 Å². The van der Waals surface area contributed by atoms with Crippen LogP contribution in [0.5, 0.6) is 0 Å². The fourth-order valence-corrected chi connectivity index (χ4v) is 3.43. The third-order valence-electron chi connectivity index (χ3n) is 4.79. The van der Waals surface area contributed by atoms with Crippen molar-refractivity contribution >= 4 is 11.7 Å². The Bertz CT molecular complexity index is 915. The molecule has 0 bridgehead atoms. The topological polar surface area (TPSA) is 37.3 Å². The van der Waals surface area contributed by atoms with Crippen LogP contribution in [-0.2, 0) is 6.54 Å². The van der Waals surface area contributed by atoms with Crippen LogP contribution in [0.1, 0.15) is 22.9 Å². The Balaban J connectivity index is 1.66. The highest BCUT2D eigenvalue weighted by Gasteiger charge is 2.32. The maximum atomic E-state index is 13.4. The zero-order valence-electron chi connectivity index (χ0n) is 14.5. The van der Waals surface area contributed by atoms with E-state index in [4.69, 9.17) is 0 Å². The number of aromatic nitrogens is 1. The van der Waals surface area contributed by atoms with Crippen LogP contribution in [-0.4, -0.2) is 22.0 Å². The molecule has 2 heterocycles. The molecular formula is C21H20FN3O. The molecule has 0 radical (unpaired) electrons. The van der Waals surface area contributed by atoms with Gasteiger partial charge in [0.1, 0.15) is 5.82 Å². The van der Waals surface area contributed by atoms with E-state index >= 15 is 0 Å². The molecular weight excluding hydrogens is 329 g/mol. The standard InChI is InChI=1S/C21H20FN3O/c1-15-4-10-18(11-5-15)23-21(26)25-14-13-24-12-2-3-19(24)20(25)16-6-8-17(22)9-7-16/h2-12,20H,13-14H2,1H3,(H,23,26)/t20-/m0/s1. The molecule has 1 N–H and O–H groups in total. The van der Waals surface area contributed by atoms with Gasteiger partial charge in [-0.2, -0.15) is 0 Å². The molecule has 1 aliphatic rings. The highest BCUT2D eigenvalue weighted by molar-refractivity contribution is 5.90. The average Bonchev–Trinajstić information content (AvgIpc) is 3.12. The molecule has 0 saturated heterocycles. The zero-order chi connectivity index (χ0) is 18.1. The molecule has 4 nitrogen and oxygen atoms in total. The lowest BCUT2D eigenvalue weighted by atomic mass is 10.0. The summed E-state index contributed by atoms with van der Waals surface area (Å²) in [5.41, 5.74) is 3.83. The Morgan fingerprint density at radius 3 is 2.50 bits per heavy atom. The minimum atomic E-state index is -0.282. The predicted molar refractivity (Wildman–Crippen MR) is 99.6 cm³/mol. The summed E-state index contributed by atoms with van der Waals surface area (Å²) in [5.74, 6) is -0.282. The molecule has 0 spiro atoms. The highest BCUT2D eigenvalue weighted by Crippen LogP contribution is 2.33. The largest absolute Gasteiger partial charge is 0.348 e. The average molecular weight is 349 g/mol. The van der Waals surface area contributed by atoms with Crippen LogP contribution in [0.2, 0.25) is 0 Å². The maximum Gasteiger partial charge on any atom is 0.322 e. The molecule has 0 aliphatic carbocycles. The Kier molecular flexibility index (Phi) is 4.21. The summed E-state index contributed by atoms with van der Waals surface area (Å²) in [4.78, 5) is 14.8. The number of rotatable bonds is 2. The molecule has 0 saturated carbocycles. The number of carbonyl (C=O) groups is 1. The van der Waals surface area contributed by atoms with Gasteiger partial charge in [-0.05, 0) is 48.9 Å². The SMILES string of the molecule is Cc1ccc(NC(=O)N2CCn3cccc3[C@@H]2c2ccc(F)cc2)cc1. The van der Waals surface area contributed by atoms with E-state index in [0.717, 1.165) is 29.1 Å². The summed E-state index contributed by atoms with van der Waals surface area (Å²) in [7, 11) is 0. The first kappa shape index (κ1) is 16.4. The van der Waals surface area contributed by atoms with Crippen LogP contribution in [0, 0.1) is 12.7 Å². The van der Waals surface area contributed by atoms with Gasteiger partial charge in [0.05, 0.1) is 6.04 Å². The fraction of sp³-hybridized carbons (Fsp3) is 0.190. The van der Waals surface area contributed by atoms with Crippen molar-refractivity contribution in [2.45, 2.75) is 19.5 Å². The zero-order valence-corrected chi connectivity index (χ0v) is 14.5. The summed E-state index contributed by atoms with van der Waals surface area (Å²) in [6.45, 7) is 3.33. The van der Waals surface area contributed by atoms with Crippen molar-refractivity contribution in [3.63, 3.8) is 0 Å². The lowest BCUT2D eigenvalue weighted by molar-refractivity contribution is 0.182. The molecule has 4 rings (SSSR count). The van der Waals surface area contributed by atoms with E-state index < -0.39 is 0 Å². The molecule has 0 unspecified atom stereocenters. The summed E-state index contributed by atoms with van der Waals surface area (Å²) >= 11 is 0. The molecule has 1 atom stereocenters. The fourth-order valence-electron chi connectivity index (χ4n) is 3.43. The van der Waals surface area contributed by atoms with Crippen molar-refractivity contribution in [2.75, 3.05) is 11.9 Å². The van der Waals surface area contributed by atoms with Gasteiger partial charge in [-0.1, -0.05) is 29.8 Å². The number of halogens is 1. The Hall–Kier alpha value is -3.08. The third-order valence-corrected chi connectivity index (χ3v) is 4.79. The number of carbonyl (C=O) groups excluding carboxylic acids is 1. The van der Waals surface area contributed by atoms with Gasteiger partial charge in [0.15, 0.2) is 0 Å². The Labute approximate surface area is 151 Å². The number of urea groups is 1. The number of nitrogens with zero attached hydrogens (tertiary/aromatic N) is 2. The monoisotopic (exact) mass is 349 g/mol. The number of hydrogen-bond donors (Lipinski definition) is 1. The van der Waals surface area contributed by atoms with Crippen molar-refractivity contribution in [3.8, 4) is 0 Å². The minimum absolute atomic E-state index is 0.157. The molecule has 2 amide bonds. The second kappa shape index (κ2) is 6.67. The smallest absolute Gasteiger partial charge is 0.322 e. The minimum Gasteiger partial charge on any atom is -0.348 e. The van der Waals surface area contributed by atoms with E-state index in [-0.39, 0.29) is 17.9 Å². The number of anilines is 1. The molecule has 3 aromatic rings. The van der Waals surface area contributed by atoms with Crippen LogP contribution in [0.25, 0.3) is 0 Å². The van der Waals surface area contributed by atoms with Gasteiger partial charge >= 0.3 is 6.03 Å². The van der Waals surface area contributed by atoms with Crippen molar-refractivity contribution in [1.29, 1.82) is 0 Å². The van der Waals surface area contributed by atoms with Crippen LogP contribution >= 0.6 is 0 Å². The normalized spacial score (nSPS) is 16.2. The number of amides is 2. The number of aryl methyl sites for hydroxylation is 1. The van der Waals surface area contributed by atoms with Gasteiger partial charge < -0.3 is 14.8 Å². The van der Waals surface area contributed by atoms with Crippen LogP contribution in [0.3, 0.4) is 0 Å². The molecule has 5 heteroatoms. The van der Waals surface area contributed by atoms with E-state index in [0.29, 0.717) is 6.54 Å². The first-order valence-corrected chi connectivity index (χ1v) is 8.66. The first-order valence-electron chi connectivity index (χ1n) is 8.66. The molecule has 1 aromatic heterocycles. The summed E-state index contributed by atoms with van der Waals surface area (Å²) in [6, 6.07) is 17.7. The second-order valence-electron chi connectivity index (χ2n) is 6.57. The van der Waals surface area contributed by atoms with Gasteiger partial charge in [0.2, 0.25) is 0 Å². The second-order valence-corrected chi connectivity index (χ2v) is 6.57. The van der Waals surface area contributed by atoms with Gasteiger partial charge in [0.25, 0.3) is 0 Å². The van der Waals surface area contributed by atoms with E-state index in [1.165, 1.54) is 12.1 Å². The number of hydrogen-bond acceptors (Lipinski definition) is 1. The molecule has 0 fully saturated rings. The van der Waals surface area contributed by atoms with Crippen molar-refractivity contribution < 1.29 is 9.18 Å². The Morgan fingerprint density at radius 1 is 1.04 bits per heavy atom. The van der Waals surface area contributed by atoms with Gasteiger partial charge in [-0.15, -0.1) is 0 Å². The lowest BCUT2D eigenvalue weighted by Crippen LogP contribution is -2.44. The lowest BCUT2D eigenvalue weighted by Gasteiger charge is -2.37. The molecule has 132 valence electrons. The maximum absolute atomic E-state index is 13.4. The predicted octanol–water partition coefficient (Wildman–Crippen LogP) is 4.57. The van der Waals surface area contributed by atoms with Gasteiger partial charge in [-0.3, -0.25) is 0 Å². The van der Waals surface area contributed by atoms with Crippen LogP contribution < -0.4 is 5.32 Å². The number of fused-ring (bicyclic) bond motifs is 1. The van der Waals surface area contributed by atoms with Crippen molar-refractivity contribution in [1.82, 2.24) is 9.47 Å². The molecule has 2 aromatic carbocycles. The van der Waals surface area contributed by atoms with Crippen LogP contribution in [0.15, 0.2) is 66.9 Å². The van der Waals surface area contributed by atoms with Gasteiger partial charge in [0, 0.05) is 30.7 Å². The summed E-state index contributed by atoms with van der Waals surface area (Å²) in [6.07, 6.45) is 2.01. The number of nitrogens with one attached hydrogen (secondary N) is 1. The van der Waals surface area contributed by atoms with Crippen LogP contribution in [0.4, 0.5) is 14.9 Å². The molecule has 26 heavy (non-hydrogen) atoms. The van der Waals surface area contributed by atoms with Crippen molar-refractivity contribution in [3.05, 3.63) is 89.5 Å². The quantitative estimate of drug-likeness (QED) is 0.723.